The van der Waals surface area contributed by atoms with E-state index in [-0.39, 0.29) is 30.8 Å². The molecule has 1 saturated heterocycles. The molecule has 1 aliphatic rings. The van der Waals surface area contributed by atoms with Crippen LogP contribution < -0.4 is 10.2 Å². The minimum atomic E-state index is -4.61. The molecule has 1 amide bonds. The van der Waals surface area contributed by atoms with Crippen LogP contribution in [0.4, 0.5) is 23.2 Å². The quantitative estimate of drug-likeness (QED) is 0.282. The number of nitrogens with one attached hydrogen (secondary N) is 1. The monoisotopic (exact) mass is 611 g/mol. The number of aromatic nitrogens is 3. The van der Waals surface area contributed by atoms with Gasteiger partial charge in [0, 0.05) is 47.7 Å². The number of carbonyl (C=O) groups is 2. The summed E-state index contributed by atoms with van der Waals surface area (Å²) in [6.07, 6.45) is -1.47. The SMILES string of the molecule is Cc1cnc(-c2ccc(C[C@H](NC(=O)c3c(C)cc(N4CCOC[C@@H]4C(F)(F)F)cc3F)C(=O)O)c3cccnc23)nc1C. The van der Waals surface area contributed by atoms with Crippen LogP contribution in [0.3, 0.4) is 0 Å². The average molecular weight is 612 g/mol. The van der Waals surface area contributed by atoms with Gasteiger partial charge in [-0.25, -0.2) is 19.2 Å². The van der Waals surface area contributed by atoms with E-state index in [4.69, 9.17) is 4.74 Å². The number of benzene rings is 2. The lowest BCUT2D eigenvalue weighted by molar-refractivity contribution is -0.167. The van der Waals surface area contributed by atoms with Crippen LogP contribution in [-0.4, -0.2) is 70.0 Å². The standard InChI is InChI=1S/C31H29F4N5O4/c1-16-11-20(40-9-10-44-15-25(40)31(33,34)35)13-23(32)26(16)29(41)39-24(30(42)43)12-19-6-7-22(27-21(19)5-4-8-36-27)28-37-14-17(2)18(3)38-28/h4-8,11,13-14,24-25H,9-10,12,15H2,1-3H3,(H,39,41)(H,42,43)/t24-,25+/m0/s1. The first-order valence-corrected chi connectivity index (χ1v) is 13.8. The van der Waals surface area contributed by atoms with Crippen molar-refractivity contribution in [2.75, 3.05) is 24.7 Å². The summed E-state index contributed by atoms with van der Waals surface area (Å²) in [5.74, 6) is -2.97. The fraction of sp³-hybridized carbons (Fsp3) is 0.323. The zero-order valence-electron chi connectivity index (χ0n) is 24.1. The second-order valence-electron chi connectivity index (χ2n) is 10.6. The van der Waals surface area contributed by atoms with Crippen LogP contribution in [0, 0.1) is 26.6 Å². The Kier molecular flexibility index (Phi) is 8.51. The number of hydrogen-bond donors (Lipinski definition) is 2. The van der Waals surface area contributed by atoms with Crippen molar-refractivity contribution < 1.29 is 37.0 Å². The van der Waals surface area contributed by atoms with E-state index in [2.05, 4.69) is 20.3 Å². The predicted octanol–water partition coefficient (Wildman–Crippen LogP) is 4.95. The highest BCUT2D eigenvalue weighted by Crippen LogP contribution is 2.33. The number of nitrogens with zero attached hydrogens (tertiary/aromatic N) is 4. The highest BCUT2D eigenvalue weighted by Gasteiger charge is 2.45. The highest BCUT2D eigenvalue weighted by molar-refractivity contribution is 5.99. The molecule has 0 spiro atoms. The zero-order chi connectivity index (χ0) is 31.8. The predicted molar refractivity (Wildman–Crippen MR) is 154 cm³/mol. The number of halogens is 4. The molecular weight excluding hydrogens is 582 g/mol. The number of carboxylic acid groups (broad SMARTS) is 1. The first kappa shape index (κ1) is 30.8. The van der Waals surface area contributed by atoms with E-state index in [1.54, 1.807) is 36.7 Å². The van der Waals surface area contributed by atoms with Crippen LogP contribution in [0.15, 0.2) is 48.8 Å². The van der Waals surface area contributed by atoms with Gasteiger partial charge in [-0.2, -0.15) is 13.2 Å². The van der Waals surface area contributed by atoms with E-state index < -0.39 is 48.1 Å². The van der Waals surface area contributed by atoms with Crippen molar-refractivity contribution in [3.05, 3.63) is 82.6 Å². The Morgan fingerprint density at radius 2 is 1.91 bits per heavy atom. The summed E-state index contributed by atoms with van der Waals surface area (Å²) in [6.45, 7) is 4.45. The molecule has 3 heterocycles. The topological polar surface area (TPSA) is 118 Å². The summed E-state index contributed by atoms with van der Waals surface area (Å²) in [7, 11) is 0. The molecule has 2 aromatic carbocycles. The van der Waals surface area contributed by atoms with Crippen molar-refractivity contribution in [2.45, 2.75) is 45.5 Å². The van der Waals surface area contributed by atoms with Gasteiger partial charge < -0.3 is 20.1 Å². The van der Waals surface area contributed by atoms with Gasteiger partial charge in [-0.3, -0.25) is 9.78 Å². The Morgan fingerprint density at radius 3 is 2.59 bits per heavy atom. The van der Waals surface area contributed by atoms with Crippen LogP contribution >= 0.6 is 0 Å². The van der Waals surface area contributed by atoms with Gasteiger partial charge in [0.2, 0.25) is 0 Å². The number of amides is 1. The van der Waals surface area contributed by atoms with Crippen LogP contribution in [0.5, 0.6) is 0 Å². The lowest BCUT2D eigenvalue weighted by Gasteiger charge is -2.38. The second kappa shape index (κ2) is 12.2. The summed E-state index contributed by atoms with van der Waals surface area (Å²) >= 11 is 0. The molecule has 2 aromatic heterocycles. The molecule has 5 rings (SSSR count). The van der Waals surface area contributed by atoms with Crippen molar-refractivity contribution >= 4 is 28.5 Å². The van der Waals surface area contributed by atoms with Crippen molar-refractivity contribution in [3.8, 4) is 11.4 Å². The lowest BCUT2D eigenvalue weighted by Crippen LogP contribution is -2.53. The smallest absolute Gasteiger partial charge is 0.411 e. The highest BCUT2D eigenvalue weighted by atomic mass is 19.4. The number of ether oxygens (including phenoxy) is 1. The number of anilines is 1. The van der Waals surface area contributed by atoms with Crippen molar-refractivity contribution in [3.63, 3.8) is 0 Å². The van der Waals surface area contributed by atoms with E-state index in [9.17, 15) is 27.9 Å². The maximum Gasteiger partial charge on any atom is 0.411 e. The minimum Gasteiger partial charge on any atom is -0.480 e. The molecule has 0 radical (unpaired) electrons. The number of aryl methyl sites for hydroxylation is 3. The number of carbonyl (C=O) groups excluding carboxylic acids is 1. The number of alkyl halides is 3. The van der Waals surface area contributed by atoms with Crippen molar-refractivity contribution in [1.29, 1.82) is 0 Å². The third-order valence-electron chi connectivity index (χ3n) is 7.69. The summed E-state index contributed by atoms with van der Waals surface area (Å²) in [5.41, 5.74) is 3.03. The van der Waals surface area contributed by atoms with Gasteiger partial charge in [-0.1, -0.05) is 12.1 Å². The molecule has 0 aliphatic carbocycles. The molecule has 9 nitrogen and oxygen atoms in total. The van der Waals surface area contributed by atoms with Gasteiger partial charge in [-0.05, 0) is 61.7 Å². The van der Waals surface area contributed by atoms with Crippen LogP contribution in [0.25, 0.3) is 22.3 Å². The second-order valence-corrected chi connectivity index (χ2v) is 10.6. The molecule has 13 heteroatoms. The molecule has 2 atom stereocenters. The number of pyridine rings is 1. The first-order chi connectivity index (χ1) is 20.8. The lowest BCUT2D eigenvalue weighted by atomic mass is 9.97. The summed E-state index contributed by atoms with van der Waals surface area (Å²) in [5, 5.41) is 13.0. The number of morpholine rings is 1. The van der Waals surface area contributed by atoms with Crippen molar-refractivity contribution in [1.82, 2.24) is 20.3 Å². The fourth-order valence-electron chi connectivity index (χ4n) is 5.26. The van der Waals surface area contributed by atoms with Crippen LogP contribution in [0.1, 0.15) is 32.7 Å². The molecule has 4 aromatic rings. The molecule has 1 fully saturated rings. The summed E-state index contributed by atoms with van der Waals surface area (Å²) in [6, 6.07) is 5.62. The van der Waals surface area contributed by atoms with E-state index in [0.29, 0.717) is 27.9 Å². The Morgan fingerprint density at radius 1 is 1.14 bits per heavy atom. The molecule has 0 saturated carbocycles. The third kappa shape index (κ3) is 6.18. The average Bonchev–Trinajstić information content (AvgIpc) is 2.97. The Bertz CT molecular complexity index is 1720. The first-order valence-electron chi connectivity index (χ1n) is 13.8. The largest absolute Gasteiger partial charge is 0.480 e. The zero-order valence-corrected chi connectivity index (χ0v) is 24.1. The summed E-state index contributed by atoms with van der Waals surface area (Å²) < 4.78 is 61.0. The van der Waals surface area contributed by atoms with E-state index >= 15 is 4.39 Å². The van der Waals surface area contributed by atoms with Gasteiger partial charge in [0.25, 0.3) is 5.91 Å². The Hall–Kier alpha value is -4.65. The van der Waals surface area contributed by atoms with Gasteiger partial charge in [0.05, 0.1) is 24.3 Å². The number of carboxylic acids is 1. The van der Waals surface area contributed by atoms with Gasteiger partial charge in [0.15, 0.2) is 5.82 Å². The van der Waals surface area contributed by atoms with Gasteiger partial charge in [-0.15, -0.1) is 0 Å². The molecule has 0 bridgehead atoms. The molecule has 230 valence electrons. The minimum absolute atomic E-state index is 0.0264. The van der Waals surface area contributed by atoms with Crippen LogP contribution in [-0.2, 0) is 16.0 Å². The molecule has 1 aliphatic heterocycles. The van der Waals surface area contributed by atoms with E-state index in [1.807, 2.05) is 13.8 Å². The van der Waals surface area contributed by atoms with Crippen molar-refractivity contribution in [2.24, 2.45) is 0 Å². The van der Waals surface area contributed by atoms with Crippen LogP contribution in [0.2, 0.25) is 0 Å². The van der Waals surface area contributed by atoms with Gasteiger partial charge in [0.1, 0.15) is 17.9 Å². The number of rotatable bonds is 7. The number of fused-ring (bicyclic) bond motifs is 1. The van der Waals surface area contributed by atoms with E-state index in [1.165, 1.54) is 13.0 Å². The normalized spacial score (nSPS) is 16.2. The third-order valence-corrected chi connectivity index (χ3v) is 7.69. The fourth-order valence-corrected chi connectivity index (χ4v) is 5.26. The Balaban J connectivity index is 1.42. The molecule has 0 unspecified atom stereocenters. The maximum absolute atomic E-state index is 15.3. The van der Waals surface area contributed by atoms with E-state index in [0.717, 1.165) is 22.2 Å². The Labute approximate surface area is 249 Å². The molecular formula is C31H29F4N5O4. The maximum atomic E-state index is 15.3. The molecule has 2 N–H and O–H groups in total. The molecule has 44 heavy (non-hydrogen) atoms. The van der Waals surface area contributed by atoms with Gasteiger partial charge >= 0.3 is 12.1 Å². The summed E-state index contributed by atoms with van der Waals surface area (Å²) in [4.78, 5) is 39.9. The number of aliphatic carboxylic acids is 1. The number of hydrogen-bond acceptors (Lipinski definition) is 7.